The van der Waals surface area contributed by atoms with Gasteiger partial charge in [0.1, 0.15) is 9.28 Å². The van der Waals surface area contributed by atoms with E-state index in [1.54, 1.807) is 50.1 Å². The molecule has 0 bridgehead atoms. The van der Waals surface area contributed by atoms with Crippen LogP contribution in [0.3, 0.4) is 0 Å². The Kier molecular flexibility index (Phi) is 8.56. The minimum atomic E-state index is -1.57. The molecule has 3 heterocycles. The summed E-state index contributed by atoms with van der Waals surface area (Å²) >= 11 is 14.9. The molecule has 0 radical (unpaired) electrons. The van der Waals surface area contributed by atoms with Gasteiger partial charge in [-0.1, -0.05) is 78.2 Å². The van der Waals surface area contributed by atoms with Gasteiger partial charge >= 0.3 is 0 Å². The van der Waals surface area contributed by atoms with Crippen LogP contribution >= 0.6 is 59.7 Å². The van der Waals surface area contributed by atoms with Crippen LogP contribution < -0.4 is 14.2 Å². The predicted octanol–water partition coefficient (Wildman–Crippen LogP) is 7.01. The molecule has 2 amide bonds. The van der Waals surface area contributed by atoms with Gasteiger partial charge in [-0.3, -0.25) is 9.59 Å². The average Bonchev–Trinajstić information content (AvgIpc) is 3.60. The first-order chi connectivity index (χ1) is 21.5. The maximum Gasteiger partial charge on any atom is 0.261 e. The number of benzene rings is 3. The molecular formula is C32H27N3O5S5. The van der Waals surface area contributed by atoms with E-state index in [4.69, 9.17) is 38.6 Å². The second-order valence-corrected chi connectivity index (χ2v) is 16.6. The van der Waals surface area contributed by atoms with Gasteiger partial charge in [-0.05, 0) is 79.8 Å². The highest BCUT2D eigenvalue weighted by atomic mass is 32.2. The highest BCUT2D eigenvalue weighted by Gasteiger charge is 2.71. The van der Waals surface area contributed by atoms with Crippen LogP contribution in [0.4, 0.5) is 0 Å². The standard InChI is InChI=1S/C32H27N3O5S5/c1-30(18-33)17-32(44-28(41)40-21-10-6-4-7-11-21)27(37)34(3)31(2,45-29(42)43-22-12-8-5-9-13-22)26(36)35(32)25(30)20-14-15-23-24(16-20)39-19-38-23/h4-16,25H,17,19H2,1-3H3/t25?,30-,31+,32+/m1/s1. The number of thioether (sulfide) groups is 3. The lowest BCUT2D eigenvalue weighted by Gasteiger charge is -2.53. The van der Waals surface area contributed by atoms with E-state index >= 15 is 4.79 Å². The molecule has 3 aromatic carbocycles. The van der Waals surface area contributed by atoms with Gasteiger partial charge in [-0.25, -0.2) is 0 Å². The quantitative estimate of drug-likeness (QED) is 0.204. The van der Waals surface area contributed by atoms with E-state index < -0.39 is 21.2 Å². The van der Waals surface area contributed by atoms with Crippen LogP contribution in [0.15, 0.2) is 83.8 Å². The fourth-order valence-corrected chi connectivity index (χ4v) is 10.6. The highest BCUT2D eigenvalue weighted by Crippen LogP contribution is 2.63. The zero-order valence-corrected chi connectivity index (χ0v) is 28.5. The molecule has 0 aromatic heterocycles. The molecule has 45 heavy (non-hydrogen) atoms. The normalized spacial score (nSPS) is 26.8. The summed E-state index contributed by atoms with van der Waals surface area (Å²) in [5.41, 5.74) is -0.551. The minimum absolute atomic E-state index is 0.0113. The number of fused-ring (bicyclic) bond motifs is 2. The molecule has 3 aliphatic rings. The number of amides is 2. The van der Waals surface area contributed by atoms with Crippen molar-refractivity contribution in [2.45, 2.75) is 40.9 Å². The van der Waals surface area contributed by atoms with Gasteiger partial charge in [-0.2, -0.15) is 5.26 Å². The van der Waals surface area contributed by atoms with Crippen molar-refractivity contribution in [3.8, 4) is 23.3 Å². The number of carbonyl (C=O) groups is 2. The minimum Gasteiger partial charge on any atom is -0.454 e. The fourth-order valence-electron chi connectivity index (χ4n) is 5.91. The maximum absolute atomic E-state index is 15.0. The number of nitriles is 1. The van der Waals surface area contributed by atoms with E-state index in [0.717, 1.165) is 28.4 Å². The summed E-state index contributed by atoms with van der Waals surface area (Å²) in [6.07, 6.45) is 0.0113. The van der Waals surface area contributed by atoms with Crippen LogP contribution in [0, 0.1) is 16.7 Å². The van der Waals surface area contributed by atoms with Gasteiger partial charge in [0.25, 0.3) is 11.8 Å². The number of nitrogens with zero attached hydrogens (tertiary/aromatic N) is 3. The third-order valence-corrected chi connectivity index (χ3v) is 12.3. The number of hydrogen-bond acceptors (Lipinski definition) is 11. The first kappa shape index (κ1) is 31.7. The third kappa shape index (κ3) is 5.57. The summed E-state index contributed by atoms with van der Waals surface area (Å²) in [7, 11) is 1.60. The van der Waals surface area contributed by atoms with Gasteiger partial charge in [-0.15, -0.1) is 0 Å². The lowest BCUT2D eigenvalue weighted by molar-refractivity contribution is -0.163. The van der Waals surface area contributed by atoms with E-state index in [2.05, 4.69) is 6.07 Å². The van der Waals surface area contributed by atoms with Gasteiger partial charge in [0, 0.05) is 18.4 Å². The number of ether oxygens (including phenoxy) is 3. The molecular weight excluding hydrogens is 667 g/mol. The number of para-hydroxylation sites is 1. The number of rotatable bonds is 5. The molecule has 13 heteroatoms. The zero-order chi connectivity index (χ0) is 32.0. The Labute approximate surface area is 284 Å². The van der Waals surface area contributed by atoms with Crippen LogP contribution in [-0.4, -0.2) is 53.1 Å². The number of piperazine rings is 1. The molecule has 2 saturated heterocycles. The number of hydrogen-bond donors (Lipinski definition) is 0. The van der Waals surface area contributed by atoms with Crippen LogP contribution in [0.2, 0.25) is 0 Å². The van der Waals surface area contributed by atoms with Crippen molar-refractivity contribution in [2.75, 3.05) is 13.8 Å². The summed E-state index contributed by atoms with van der Waals surface area (Å²) < 4.78 is 17.7. The first-order valence-corrected chi connectivity index (χ1v) is 17.1. The molecule has 230 valence electrons. The van der Waals surface area contributed by atoms with Gasteiger partial charge < -0.3 is 24.0 Å². The Bertz CT molecular complexity index is 1740. The van der Waals surface area contributed by atoms with Crippen LogP contribution in [0.1, 0.15) is 31.9 Å². The van der Waals surface area contributed by atoms with Crippen LogP contribution in [0.5, 0.6) is 17.2 Å². The zero-order valence-electron chi connectivity index (χ0n) is 24.4. The summed E-state index contributed by atoms with van der Waals surface area (Å²) in [6, 6.07) is 25.5. The van der Waals surface area contributed by atoms with Gasteiger partial charge in [0.05, 0.1) is 17.5 Å². The smallest absolute Gasteiger partial charge is 0.261 e. The molecule has 4 atom stereocenters. The Balaban J connectivity index is 1.44. The fraction of sp³-hybridized carbons (Fsp3) is 0.281. The van der Waals surface area contributed by atoms with Crippen molar-refractivity contribution in [2.24, 2.45) is 5.41 Å². The number of carbonyl (C=O) groups excluding carboxylic acids is 2. The van der Waals surface area contributed by atoms with Gasteiger partial charge in [0.2, 0.25) is 11.2 Å². The van der Waals surface area contributed by atoms with Crippen LogP contribution in [-0.2, 0) is 9.59 Å². The molecule has 1 unspecified atom stereocenters. The summed E-state index contributed by atoms with van der Waals surface area (Å²) in [5.74, 6) is 0.822. The maximum atomic E-state index is 15.0. The number of thiocarbonyl (C=S) groups is 2. The topological polar surface area (TPSA) is 92.1 Å². The molecule has 0 spiro atoms. The second kappa shape index (κ2) is 12.1. The van der Waals surface area contributed by atoms with Crippen molar-refractivity contribution in [1.29, 1.82) is 5.26 Å². The summed E-state index contributed by atoms with van der Waals surface area (Å²) in [5, 5.41) is 10.7. The Morgan fingerprint density at radius 2 is 1.62 bits per heavy atom. The molecule has 6 rings (SSSR count). The molecule has 8 nitrogen and oxygen atoms in total. The Morgan fingerprint density at radius 1 is 0.956 bits per heavy atom. The van der Waals surface area contributed by atoms with Crippen molar-refractivity contribution < 1.29 is 23.8 Å². The van der Waals surface area contributed by atoms with Gasteiger partial charge in [0.15, 0.2) is 21.2 Å². The monoisotopic (exact) mass is 693 g/mol. The predicted molar refractivity (Wildman–Crippen MR) is 184 cm³/mol. The second-order valence-electron chi connectivity index (χ2n) is 11.1. The Morgan fingerprint density at radius 3 is 2.31 bits per heavy atom. The largest absolute Gasteiger partial charge is 0.454 e. The molecule has 0 N–H and O–H groups in total. The molecule has 3 aromatic rings. The molecule has 0 aliphatic carbocycles. The van der Waals surface area contributed by atoms with E-state index in [1.807, 2.05) is 54.6 Å². The van der Waals surface area contributed by atoms with Crippen molar-refractivity contribution in [3.05, 3.63) is 84.4 Å². The van der Waals surface area contributed by atoms with Crippen LogP contribution in [0.25, 0.3) is 0 Å². The lowest BCUT2D eigenvalue weighted by atomic mass is 9.79. The SMILES string of the molecule is CN1C(=O)[C@@]2(SC(=S)Oc3ccccc3)C[C@](C)(C#N)C(c3ccc4c(c3)OCO4)N2C(=O)[C@]1(C)SC(=S)Sc1ccccc1. The highest BCUT2D eigenvalue weighted by molar-refractivity contribution is 8.47. The third-order valence-electron chi connectivity index (χ3n) is 8.14. The van der Waals surface area contributed by atoms with E-state index in [0.29, 0.717) is 26.3 Å². The Hall–Kier alpha value is -3.28. The molecule has 3 aliphatic heterocycles. The van der Waals surface area contributed by atoms with E-state index in [-0.39, 0.29) is 29.4 Å². The van der Waals surface area contributed by atoms with Crippen molar-refractivity contribution in [1.82, 2.24) is 9.80 Å². The molecule has 2 fully saturated rings. The van der Waals surface area contributed by atoms with E-state index in [9.17, 15) is 10.1 Å². The first-order valence-electron chi connectivity index (χ1n) is 13.9. The average molecular weight is 694 g/mol. The van der Waals surface area contributed by atoms with Crippen molar-refractivity contribution in [3.63, 3.8) is 0 Å². The lowest BCUT2D eigenvalue weighted by Crippen LogP contribution is -2.71. The van der Waals surface area contributed by atoms with Crippen molar-refractivity contribution >= 4 is 79.4 Å². The number of likely N-dealkylation sites (N-methyl/N-ethyl adjacent to an activating group) is 1. The van der Waals surface area contributed by atoms with E-state index in [1.165, 1.54) is 16.7 Å². The summed E-state index contributed by atoms with van der Waals surface area (Å²) in [6.45, 7) is 3.54. The molecule has 0 saturated carbocycles. The summed E-state index contributed by atoms with van der Waals surface area (Å²) in [4.78, 5) is 30.7.